The van der Waals surface area contributed by atoms with Crippen LogP contribution in [0, 0.1) is 46.3 Å². The molecule has 0 aromatic carbocycles. The quantitative estimate of drug-likeness (QED) is 0.180. The van der Waals surface area contributed by atoms with Gasteiger partial charge >= 0.3 is 5.97 Å². The number of hydrogen-bond donors (Lipinski definition) is 0. The standard InChI is InChI=1S/C32H56O4Si/c1-20(2)11-10-12-21(3)24-13-14-25-27-26(16-17-30(24,25)5)31(6)18-15-23(34-22(4)33)19-32(31)29(35-32)28(27)36-37(7,8)9/h20-21,23-29H,10-19H2,1-9H3/t21-,23+,24-,25+,26+,27+,28?,29?,30-,31-,32?/m1/s1. The third-order valence-electron chi connectivity index (χ3n) is 12.1. The summed E-state index contributed by atoms with van der Waals surface area (Å²) in [5.74, 6) is 4.32. The molecule has 1 aliphatic heterocycles. The molecule has 5 heteroatoms. The predicted octanol–water partition coefficient (Wildman–Crippen LogP) is 8.00. The van der Waals surface area contributed by atoms with Crippen molar-refractivity contribution in [1.82, 2.24) is 0 Å². The van der Waals surface area contributed by atoms with Crippen LogP contribution in [-0.4, -0.2) is 38.2 Å². The van der Waals surface area contributed by atoms with E-state index in [0.29, 0.717) is 17.3 Å². The van der Waals surface area contributed by atoms with Gasteiger partial charge in [-0.25, -0.2) is 0 Å². The van der Waals surface area contributed by atoms with Crippen LogP contribution < -0.4 is 0 Å². The fourth-order valence-electron chi connectivity index (χ4n) is 10.5. The maximum atomic E-state index is 11.8. The number of hydrogen-bond acceptors (Lipinski definition) is 4. The van der Waals surface area contributed by atoms with Gasteiger partial charge in [-0.15, -0.1) is 0 Å². The molecular formula is C32H56O4Si. The van der Waals surface area contributed by atoms with Crippen LogP contribution in [0.4, 0.5) is 0 Å². The van der Waals surface area contributed by atoms with E-state index in [2.05, 4.69) is 54.3 Å². The molecule has 0 aromatic heterocycles. The zero-order valence-electron chi connectivity index (χ0n) is 25.4. The smallest absolute Gasteiger partial charge is 0.302 e. The van der Waals surface area contributed by atoms with Crippen molar-refractivity contribution in [3.63, 3.8) is 0 Å². The summed E-state index contributed by atoms with van der Waals surface area (Å²) in [6.07, 6.45) is 12.9. The van der Waals surface area contributed by atoms with Crippen molar-refractivity contribution < 1.29 is 18.7 Å². The molecule has 1 heterocycles. The van der Waals surface area contributed by atoms with Gasteiger partial charge in [-0.2, -0.15) is 0 Å². The first-order valence-electron chi connectivity index (χ1n) is 15.7. The monoisotopic (exact) mass is 532 g/mol. The molecule has 0 radical (unpaired) electrons. The first-order valence-corrected chi connectivity index (χ1v) is 19.2. The largest absolute Gasteiger partial charge is 0.462 e. The molecule has 0 aromatic rings. The molecule has 4 saturated carbocycles. The van der Waals surface area contributed by atoms with E-state index in [9.17, 15) is 4.79 Å². The molecule has 1 spiro atoms. The van der Waals surface area contributed by atoms with Crippen LogP contribution in [0.2, 0.25) is 19.6 Å². The molecule has 3 unspecified atom stereocenters. The SMILES string of the molecule is CC(=O)O[C@H]1CC[C@]2(C)[C@H]3CC[C@]4(C)[C@@H]([C@H](C)CCCC(C)C)CC[C@H]4[C@@H]3C(O[Si](C)(C)C)C3OC32C1. The van der Waals surface area contributed by atoms with E-state index in [1.165, 1.54) is 44.9 Å². The Balaban J connectivity index is 1.43. The summed E-state index contributed by atoms with van der Waals surface area (Å²) < 4.78 is 19.8. The van der Waals surface area contributed by atoms with Gasteiger partial charge in [0.2, 0.25) is 0 Å². The average molecular weight is 533 g/mol. The molecule has 0 amide bonds. The fourth-order valence-corrected chi connectivity index (χ4v) is 11.6. The van der Waals surface area contributed by atoms with Gasteiger partial charge < -0.3 is 13.9 Å². The second kappa shape index (κ2) is 9.61. The molecule has 212 valence electrons. The number of rotatable bonds is 8. The third-order valence-corrected chi connectivity index (χ3v) is 13.1. The van der Waals surface area contributed by atoms with Crippen LogP contribution in [0.5, 0.6) is 0 Å². The number of esters is 1. The zero-order valence-corrected chi connectivity index (χ0v) is 26.4. The van der Waals surface area contributed by atoms with Gasteiger partial charge in [-0.05, 0) is 99.1 Å². The fraction of sp³-hybridized carbons (Fsp3) is 0.969. The van der Waals surface area contributed by atoms with Gasteiger partial charge in [0.1, 0.15) is 17.8 Å². The van der Waals surface area contributed by atoms with E-state index in [1.54, 1.807) is 6.92 Å². The molecule has 0 N–H and O–H groups in total. The van der Waals surface area contributed by atoms with E-state index < -0.39 is 8.32 Å². The Morgan fingerprint density at radius 2 is 1.73 bits per heavy atom. The summed E-state index contributed by atoms with van der Waals surface area (Å²) in [4.78, 5) is 11.8. The molecule has 1 saturated heterocycles. The number of epoxide rings is 1. The Kier molecular flexibility index (Phi) is 7.31. The highest BCUT2D eigenvalue weighted by Gasteiger charge is 2.80. The lowest BCUT2D eigenvalue weighted by molar-refractivity contribution is -0.165. The molecule has 4 aliphatic carbocycles. The van der Waals surface area contributed by atoms with Crippen LogP contribution in [-0.2, 0) is 18.7 Å². The minimum atomic E-state index is -1.76. The summed E-state index contributed by atoms with van der Waals surface area (Å²) in [6, 6.07) is 0. The molecule has 5 aliphatic rings. The summed E-state index contributed by atoms with van der Waals surface area (Å²) in [5, 5.41) is 0. The van der Waals surface area contributed by atoms with E-state index >= 15 is 0 Å². The summed E-state index contributed by atoms with van der Waals surface area (Å²) >= 11 is 0. The number of fused-ring (bicyclic) bond motifs is 4. The first-order chi connectivity index (χ1) is 17.2. The van der Waals surface area contributed by atoms with Gasteiger partial charge in [-0.1, -0.05) is 53.9 Å². The Morgan fingerprint density at radius 1 is 1.00 bits per heavy atom. The Hall–Kier alpha value is -0.393. The molecule has 5 fully saturated rings. The van der Waals surface area contributed by atoms with Crippen molar-refractivity contribution in [2.45, 2.75) is 149 Å². The number of ether oxygens (including phenoxy) is 2. The second-order valence-corrected chi connectivity index (χ2v) is 20.3. The highest BCUT2D eigenvalue weighted by atomic mass is 28.4. The van der Waals surface area contributed by atoms with E-state index in [-0.39, 0.29) is 35.3 Å². The zero-order chi connectivity index (χ0) is 27.0. The van der Waals surface area contributed by atoms with Gasteiger partial charge in [0.25, 0.3) is 0 Å². The summed E-state index contributed by atoms with van der Waals surface area (Å²) in [5.41, 5.74) is 0.437. The Labute approximate surface area is 228 Å². The third kappa shape index (κ3) is 4.69. The lowest BCUT2D eigenvalue weighted by Gasteiger charge is -2.61. The molecule has 37 heavy (non-hydrogen) atoms. The summed E-state index contributed by atoms with van der Waals surface area (Å²) in [6.45, 7) is 21.1. The molecule has 11 atom stereocenters. The van der Waals surface area contributed by atoms with Crippen LogP contribution in [0.15, 0.2) is 0 Å². The van der Waals surface area contributed by atoms with Crippen molar-refractivity contribution in [2.24, 2.45) is 46.3 Å². The molecular weight excluding hydrogens is 476 g/mol. The number of carbonyl (C=O) groups is 1. The molecule has 0 bridgehead atoms. The van der Waals surface area contributed by atoms with Crippen LogP contribution in [0.1, 0.15) is 106 Å². The van der Waals surface area contributed by atoms with Gasteiger partial charge in [0.05, 0.1) is 6.10 Å². The maximum absolute atomic E-state index is 11.8. The van der Waals surface area contributed by atoms with Crippen LogP contribution in [0.25, 0.3) is 0 Å². The van der Waals surface area contributed by atoms with Crippen LogP contribution in [0.3, 0.4) is 0 Å². The normalized spacial score (nSPS) is 47.5. The Morgan fingerprint density at radius 3 is 2.38 bits per heavy atom. The minimum Gasteiger partial charge on any atom is -0.462 e. The lowest BCUT2D eigenvalue weighted by Crippen LogP contribution is -2.64. The first kappa shape index (κ1) is 28.1. The minimum absolute atomic E-state index is 0.00365. The van der Waals surface area contributed by atoms with Crippen molar-refractivity contribution in [3.05, 3.63) is 0 Å². The topological polar surface area (TPSA) is 48.1 Å². The van der Waals surface area contributed by atoms with Gasteiger partial charge in [0.15, 0.2) is 8.32 Å². The van der Waals surface area contributed by atoms with E-state index in [1.807, 2.05) is 0 Å². The lowest BCUT2D eigenvalue weighted by atomic mass is 9.43. The van der Waals surface area contributed by atoms with Crippen molar-refractivity contribution in [2.75, 3.05) is 0 Å². The maximum Gasteiger partial charge on any atom is 0.302 e. The molecule has 5 rings (SSSR count). The second-order valence-electron chi connectivity index (χ2n) is 15.8. The highest BCUT2D eigenvalue weighted by Crippen LogP contribution is 2.75. The Bertz CT molecular complexity index is 867. The van der Waals surface area contributed by atoms with Crippen molar-refractivity contribution in [3.8, 4) is 0 Å². The van der Waals surface area contributed by atoms with Crippen molar-refractivity contribution >= 4 is 14.3 Å². The van der Waals surface area contributed by atoms with Gasteiger partial charge in [0, 0.05) is 18.8 Å². The van der Waals surface area contributed by atoms with Crippen molar-refractivity contribution in [1.29, 1.82) is 0 Å². The van der Waals surface area contributed by atoms with E-state index in [0.717, 1.165) is 42.9 Å². The number of carbonyl (C=O) groups excluding carboxylic acids is 1. The predicted molar refractivity (Wildman–Crippen MR) is 152 cm³/mol. The van der Waals surface area contributed by atoms with Crippen LogP contribution >= 0.6 is 0 Å². The average Bonchev–Trinajstić information content (AvgIpc) is 3.39. The molecule has 4 nitrogen and oxygen atoms in total. The van der Waals surface area contributed by atoms with E-state index in [4.69, 9.17) is 13.9 Å². The highest BCUT2D eigenvalue weighted by molar-refractivity contribution is 6.69. The van der Waals surface area contributed by atoms with Gasteiger partial charge in [-0.3, -0.25) is 4.79 Å². The summed E-state index contributed by atoms with van der Waals surface area (Å²) in [7, 11) is -1.76.